The van der Waals surface area contributed by atoms with Gasteiger partial charge in [-0.3, -0.25) is 0 Å². The molecule has 1 aliphatic rings. The Morgan fingerprint density at radius 2 is 1.67 bits per heavy atom. The Bertz CT molecular complexity index is 723. The molecule has 2 aromatic rings. The number of hydrogen-bond acceptors (Lipinski definition) is 4. The number of ether oxygens (including phenoxy) is 2. The van der Waals surface area contributed by atoms with Gasteiger partial charge in [0.25, 0.3) is 0 Å². The van der Waals surface area contributed by atoms with Gasteiger partial charge in [-0.2, -0.15) is 0 Å². The van der Waals surface area contributed by atoms with Gasteiger partial charge in [0.1, 0.15) is 11.5 Å². The Hall–Kier alpha value is -2.89. The Kier molecular flexibility index (Phi) is 6.41. The summed E-state index contributed by atoms with van der Waals surface area (Å²) < 4.78 is 10.6. The van der Waals surface area contributed by atoms with Crippen molar-refractivity contribution in [2.75, 3.05) is 37.0 Å². The van der Waals surface area contributed by atoms with Crippen LogP contribution in [0.4, 0.5) is 16.2 Å². The first-order chi connectivity index (χ1) is 13.2. The average molecular weight is 369 g/mol. The lowest BCUT2D eigenvalue weighted by Gasteiger charge is -2.34. The Labute approximate surface area is 160 Å². The number of methoxy groups -OCH3 is 1. The first-order valence-corrected chi connectivity index (χ1v) is 9.37. The van der Waals surface area contributed by atoms with E-state index in [2.05, 4.69) is 27.7 Å². The van der Waals surface area contributed by atoms with Gasteiger partial charge in [-0.25, -0.2) is 4.79 Å². The zero-order valence-corrected chi connectivity index (χ0v) is 15.9. The first-order valence-electron chi connectivity index (χ1n) is 9.37. The van der Waals surface area contributed by atoms with Crippen LogP contribution >= 0.6 is 0 Å². The van der Waals surface area contributed by atoms with Gasteiger partial charge in [0.2, 0.25) is 0 Å². The van der Waals surface area contributed by atoms with E-state index in [1.807, 2.05) is 43.3 Å². The smallest absolute Gasteiger partial charge is 0.319 e. The molecule has 1 aliphatic heterocycles. The standard InChI is InChI=1S/C21H27N3O3/c1-3-27-20-8-4-16(5-9-20)22-21(25)23-17-12-14-24(15-13-17)18-6-10-19(26-2)11-7-18/h4-11,17H,3,12-15H2,1-2H3,(H2,22,23,25). The number of carbonyl (C=O) groups excluding carboxylic acids is 1. The number of carbonyl (C=O) groups is 1. The fourth-order valence-corrected chi connectivity index (χ4v) is 3.23. The maximum Gasteiger partial charge on any atom is 0.319 e. The molecule has 0 bridgehead atoms. The molecule has 0 unspecified atom stereocenters. The van der Waals surface area contributed by atoms with Crippen LogP contribution in [0.3, 0.4) is 0 Å². The van der Waals surface area contributed by atoms with Crippen LogP contribution < -0.4 is 25.0 Å². The Morgan fingerprint density at radius 3 is 2.26 bits per heavy atom. The molecule has 1 saturated heterocycles. The topological polar surface area (TPSA) is 62.8 Å². The molecule has 0 atom stereocenters. The highest BCUT2D eigenvalue weighted by Gasteiger charge is 2.21. The molecule has 0 saturated carbocycles. The normalized spacial score (nSPS) is 14.5. The second-order valence-electron chi connectivity index (χ2n) is 6.52. The molecule has 3 rings (SSSR count). The van der Waals surface area contributed by atoms with Crippen LogP contribution in [0.15, 0.2) is 48.5 Å². The zero-order chi connectivity index (χ0) is 19.1. The number of nitrogens with one attached hydrogen (secondary N) is 2. The van der Waals surface area contributed by atoms with E-state index in [-0.39, 0.29) is 12.1 Å². The van der Waals surface area contributed by atoms with E-state index in [1.54, 1.807) is 7.11 Å². The fraction of sp³-hybridized carbons (Fsp3) is 0.381. The van der Waals surface area contributed by atoms with Gasteiger partial charge in [0.15, 0.2) is 0 Å². The first kappa shape index (κ1) is 18.9. The van der Waals surface area contributed by atoms with Gasteiger partial charge in [-0.1, -0.05) is 0 Å². The van der Waals surface area contributed by atoms with Crippen LogP contribution in [0.25, 0.3) is 0 Å². The van der Waals surface area contributed by atoms with E-state index in [4.69, 9.17) is 9.47 Å². The van der Waals surface area contributed by atoms with Crippen molar-refractivity contribution in [3.05, 3.63) is 48.5 Å². The monoisotopic (exact) mass is 369 g/mol. The van der Waals surface area contributed by atoms with Crippen LogP contribution in [0.2, 0.25) is 0 Å². The second-order valence-corrected chi connectivity index (χ2v) is 6.52. The highest BCUT2D eigenvalue weighted by molar-refractivity contribution is 5.89. The molecular formula is C21H27N3O3. The number of benzene rings is 2. The second kappa shape index (κ2) is 9.16. The van der Waals surface area contributed by atoms with Crippen molar-refractivity contribution in [1.29, 1.82) is 0 Å². The third-order valence-electron chi connectivity index (χ3n) is 4.69. The van der Waals surface area contributed by atoms with E-state index in [9.17, 15) is 4.79 Å². The highest BCUT2D eigenvalue weighted by atomic mass is 16.5. The van der Waals surface area contributed by atoms with Gasteiger partial charge >= 0.3 is 6.03 Å². The van der Waals surface area contributed by atoms with Crippen LogP contribution in [-0.2, 0) is 0 Å². The number of piperidine rings is 1. The zero-order valence-electron chi connectivity index (χ0n) is 15.9. The Balaban J connectivity index is 1.44. The minimum atomic E-state index is -0.165. The van der Waals surface area contributed by atoms with Crippen molar-refractivity contribution in [3.63, 3.8) is 0 Å². The van der Waals surface area contributed by atoms with Crippen LogP contribution in [0, 0.1) is 0 Å². The number of nitrogens with zero attached hydrogens (tertiary/aromatic N) is 1. The molecule has 0 spiro atoms. The third-order valence-corrected chi connectivity index (χ3v) is 4.69. The quantitative estimate of drug-likeness (QED) is 0.811. The number of urea groups is 1. The van der Waals surface area contributed by atoms with Crippen LogP contribution in [-0.4, -0.2) is 38.9 Å². The molecule has 2 aromatic carbocycles. The molecule has 0 aliphatic carbocycles. The van der Waals surface area contributed by atoms with E-state index in [0.29, 0.717) is 6.61 Å². The van der Waals surface area contributed by atoms with Crippen molar-refractivity contribution < 1.29 is 14.3 Å². The largest absolute Gasteiger partial charge is 0.497 e. The van der Waals surface area contributed by atoms with Gasteiger partial charge in [0, 0.05) is 30.5 Å². The van der Waals surface area contributed by atoms with Gasteiger partial charge < -0.3 is 25.0 Å². The minimum Gasteiger partial charge on any atom is -0.497 e. The maximum atomic E-state index is 12.2. The van der Waals surface area contributed by atoms with E-state index >= 15 is 0 Å². The van der Waals surface area contributed by atoms with Crippen LogP contribution in [0.1, 0.15) is 19.8 Å². The summed E-state index contributed by atoms with van der Waals surface area (Å²) in [7, 11) is 1.67. The molecule has 2 amide bonds. The summed E-state index contributed by atoms with van der Waals surface area (Å²) in [5.74, 6) is 1.66. The summed E-state index contributed by atoms with van der Waals surface area (Å²) in [6.07, 6.45) is 1.84. The van der Waals surface area contributed by atoms with E-state index in [1.165, 1.54) is 5.69 Å². The summed E-state index contributed by atoms with van der Waals surface area (Å²) in [5.41, 5.74) is 1.94. The summed E-state index contributed by atoms with van der Waals surface area (Å²) in [6.45, 7) is 4.41. The molecule has 144 valence electrons. The molecule has 6 heteroatoms. The molecule has 0 radical (unpaired) electrons. The third kappa shape index (κ3) is 5.29. The molecule has 1 heterocycles. The molecule has 6 nitrogen and oxygen atoms in total. The lowest BCUT2D eigenvalue weighted by Crippen LogP contribution is -2.46. The van der Waals surface area contributed by atoms with Crippen molar-refractivity contribution >= 4 is 17.4 Å². The van der Waals surface area contributed by atoms with Crippen molar-refractivity contribution in [2.45, 2.75) is 25.8 Å². The summed E-state index contributed by atoms with van der Waals surface area (Å²) >= 11 is 0. The van der Waals surface area contributed by atoms with Gasteiger partial charge in [-0.15, -0.1) is 0 Å². The number of hydrogen-bond donors (Lipinski definition) is 2. The SMILES string of the molecule is CCOc1ccc(NC(=O)NC2CCN(c3ccc(OC)cc3)CC2)cc1. The minimum absolute atomic E-state index is 0.165. The van der Waals surface area contributed by atoms with Crippen LogP contribution in [0.5, 0.6) is 11.5 Å². The lowest BCUT2D eigenvalue weighted by atomic mass is 10.0. The number of anilines is 2. The van der Waals surface area contributed by atoms with Crippen molar-refractivity contribution in [1.82, 2.24) is 5.32 Å². The molecule has 1 fully saturated rings. The predicted octanol–water partition coefficient (Wildman–Crippen LogP) is 3.88. The van der Waals surface area contributed by atoms with Crippen molar-refractivity contribution in [3.8, 4) is 11.5 Å². The maximum absolute atomic E-state index is 12.2. The predicted molar refractivity (Wildman–Crippen MR) is 108 cm³/mol. The van der Waals surface area contributed by atoms with Gasteiger partial charge in [-0.05, 0) is 68.3 Å². The summed E-state index contributed by atoms with van der Waals surface area (Å²) in [6, 6.07) is 15.5. The molecular weight excluding hydrogens is 342 g/mol. The fourth-order valence-electron chi connectivity index (χ4n) is 3.23. The molecule has 27 heavy (non-hydrogen) atoms. The molecule has 0 aromatic heterocycles. The number of amides is 2. The van der Waals surface area contributed by atoms with E-state index in [0.717, 1.165) is 43.1 Å². The van der Waals surface area contributed by atoms with E-state index < -0.39 is 0 Å². The Morgan fingerprint density at radius 1 is 1.04 bits per heavy atom. The average Bonchev–Trinajstić information content (AvgIpc) is 2.70. The number of rotatable bonds is 6. The van der Waals surface area contributed by atoms with Crippen molar-refractivity contribution in [2.24, 2.45) is 0 Å². The summed E-state index contributed by atoms with van der Waals surface area (Å²) in [5, 5.41) is 5.95. The molecule has 2 N–H and O–H groups in total. The van der Waals surface area contributed by atoms with Gasteiger partial charge in [0.05, 0.1) is 13.7 Å². The lowest BCUT2D eigenvalue weighted by molar-refractivity contribution is 0.246. The summed E-state index contributed by atoms with van der Waals surface area (Å²) in [4.78, 5) is 14.6. The highest BCUT2D eigenvalue weighted by Crippen LogP contribution is 2.23.